The van der Waals surface area contributed by atoms with E-state index in [9.17, 15) is 8.42 Å². The Hall–Kier alpha value is -0.210. The number of morpholine rings is 2. The molecule has 2 saturated heterocycles. The summed E-state index contributed by atoms with van der Waals surface area (Å²) in [5, 5.41) is 0. The summed E-state index contributed by atoms with van der Waals surface area (Å²) in [6, 6.07) is 0. The van der Waals surface area contributed by atoms with Crippen molar-refractivity contribution in [1.29, 1.82) is 0 Å². The summed E-state index contributed by atoms with van der Waals surface area (Å²) in [6.45, 7) is 10.1. The minimum Gasteiger partial charge on any atom is -0.375 e. The lowest BCUT2D eigenvalue weighted by Crippen LogP contribution is -2.56. The Morgan fingerprint density at radius 2 is 1.65 bits per heavy atom. The molecule has 3 unspecified atom stereocenters. The van der Waals surface area contributed by atoms with Gasteiger partial charge >= 0.3 is 0 Å². The standard InChI is InChI=1S/C13H26N2O4S/c1-10(2)13-9-14(5-6-18-13)20(16,17)15-7-11(3)19-12(4)8-15/h10-13H,5-9H2,1-4H3. The van der Waals surface area contributed by atoms with E-state index in [4.69, 9.17) is 9.47 Å². The zero-order valence-corrected chi connectivity index (χ0v) is 13.6. The van der Waals surface area contributed by atoms with E-state index < -0.39 is 10.2 Å². The fourth-order valence-electron chi connectivity index (χ4n) is 2.75. The molecule has 0 bridgehead atoms. The summed E-state index contributed by atoms with van der Waals surface area (Å²) >= 11 is 0. The zero-order valence-electron chi connectivity index (χ0n) is 12.8. The van der Waals surface area contributed by atoms with Gasteiger partial charge < -0.3 is 9.47 Å². The van der Waals surface area contributed by atoms with Crippen LogP contribution in [0.25, 0.3) is 0 Å². The van der Waals surface area contributed by atoms with Crippen LogP contribution in [0, 0.1) is 5.92 Å². The van der Waals surface area contributed by atoms with Gasteiger partial charge in [-0.3, -0.25) is 0 Å². The van der Waals surface area contributed by atoms with Crippen LogP contribution in [0.2, 0.25) is 0 Å². The highest BCUT2D eigenvalue weighted by atomic mass is 32.2. The van der Waals surface area contributed by atoms with Gasteiger partial charge in [-0.2, -0.15) is 17.0 Å². The quantitative estimate of drug-likeness (QED) is 0.770. The van der Waals surface area contributed by atoms with Gasteiger partial charge in [0.2, 0.25) is 0 Å². The minimum absolute atomic E-state index is 0.0191. The second kappa shape index (κ2) is 6.27. The molecule has 2 fully saturated rings. The predicted molar refractivity (Wildman–Crippen MR) is 76.7 cm³/mol. The van der Waals surface area contributed by atoms with E-state index >= 15 is 0 Å². The monoisotopic (exact) mass is 306 g/mol. The van der Waals surface area contributed by atoms with Crippen molar-refractivity contribution in [2.24, 2.45) is 5.92 Å². The van der Waals surface area contributed by atoms with Crippen LogP contribution in [0.15, 0.2) is 0 Å². The first kappa shape index (κ1) is 16.2. The molecule has 2 heterocycles. The molecule has 0 aliphatic carbocycles. The third-order valence-corrected chi connectivity index (χ3v) is 5.77. The van der Waals surface area contributed by atoms with Crippen LogP contribution in [-0.4, -0.2) is 68.1 Å². The molecule has 2 aliphatic rings. The SMILES string of the molecule is CC1CN(S(=O)(=O)N2CCOC(C(C)C)C2)CC(C)O1. The number of rotatable bonds is 3. The Balaban J connectivity index is 2.09. The molecule has 7 heteroatoms. The van der Waals surface area contributed by atoms with Gasteiger partial charge in [0.15, 0.2) is 0 Å². The summed E-state index contributed by atoms with van der Waals surface area (Å²) in [7, 11) is -3.41. The van der Waals surface area contributed by atoms with E-state index in [0.29, 0.717) is 38.7 Å². The second-order valence-corrected chi connectivity index (χ2v) is 8.02. The Bertz CT molecular complexity index is 416. The van der Waals surface area contributed by atoms with Crippen molar-refractivity contribution in [2.45, 2.75) is 46.0 Å². The van der Waals surface area contributed by atoms with Gasteiger partial charge in [-0.15, -0.1) is 0 Å². The topological polar surface area (TPSA) is 59.1 Å². The first-order valence-corrected chi connectivity index (χ1v) is 8.72. The number of nitrogens with zero attached hydrogens (tertiary/aromatic N) is 2. The van der Waals surface area contributed by atoms with Crippen LogP contribution in [0.1, 0.15) is 27.7 Å². The van der Waals surface area contributed by atoms with Gasteiger partial charge in [-0.25, -0.2) is 0 Å². The summed E-state index contributed by atoms with van der Waals surface area (Å²) < 4.78 is 39.8. The van der Waals surface area contributed by atoms with Gasteiger partial charge in [0.1, 0.15) is 0 Å². The molecule has 0 aromatic rings. The molecule has 6 nitrogen and oxygen atoms in total. The third-order valence-electron chi connectivity index (χ3n) is 3.84. The van der Waals surface area contributed by atoms with Crippen LogP contribution < -0.4 is 0 Å². The van der Waals surface area contributed by atoms with E-state index in [1.54, 1.807) is 8.61 Å². The molecule has 0 N–H and O–H groups in total. The average Bonchev–Trinajstić information content (AvgIpc) is 2.37. The van der Waals surface area contributed by atoms with Crippen LogP contribution in [0.4, 0.5) is 0 Å². The highest BCUT2D eigenvalue weighted by Crippen LogP contribution is 2.21. The van der Waals surface area contributed by atoms with E-state index in [-0.39, 0.29) is 18.3 Å². The fourth-order valence-corrected chi connectivity index (χ4v) is 4.51. The normalized spacial score (nSPS) is 34.5. The van der Waals surface area contributed by atoms with Crippen LogP contribution in [0.3, 0.4) is 0 Å². The lowest BCUT2D eigenvalue weighted by Gasteiger charge is -2.40. The molecule has 0 spiro atoms. The molecule has 3 atom stereocenters. The summed E-state index contributed by atoms with van der Waals surface area (Å²) in [6.07, 6.45) is -0.139. The molecule has 118 valence electrons. The molecule has 2 rings (SSSR count). The number of ether oxygens (including phenoxy) is 2. The van der Waals surface area contributed by atoms with Crippen molar-refractivity contribution < 1.29 is 17.9 Å². The highest BCUT2D eigenvalue weighted by molar-refractivity contribution is 7.86. The van der Waals surface area contributed by atoms with E-state index in [1.807, 2.05) is 13.8 Å². The van der Waals surface area contributed by atoms with Crippen LogP contribution in [0.5, 0.6) is 0 Å². The Morgan fingerprint density at radius 1 is 1.05 bits per heavy atom. The largest absolute Gasteiger partial charge is 0.375 e. The molecule has 0 aromatic carbocycles. The maximum Gasteiger partial charge on any atom is 0.282 e. The maximum absolute atomic E-state index is 12.7. The molecule has 0 radical (unpaired) electrons. The smallest absolute Gasteiger partial charge is 0.282 e. The first-order chi connectivity index (χ1) is 9.30. The van der Waals surface area contributed by atoms with Crippen molar-refractivity contribution in [3.8, 4) is 0 Å². The van der Waals surface area contributed by atoms with E-state index in [1.165, 1.54) is 0 Å². The van der Waals surface area contributed by atoms with Crippen molar-refractivity contribution in [1.82, 2.24) is 8.61 Å². The molecule has 0 amide bonds. The summed E-state index contributed by atoms with van der Waals surface area (Å²) in [5.74, 6) is 0.315. The molecule has 0 saturated carbocycles. The van der Waals surface area contributed by atoms with Crippen molar-refractivity contribution in [3.05, 3.63) is 0 Å². The van der Waals surface area contributed by atoms with Crippen molar-refractivity contribution >= 4 is 10.2 Å². The first-order valence-electron chi connectivity index (χ1n) is 7.33. The Kier molecular flexibility index (Phi) is 5.07. The molecular formula is C13H26N2O4S. The van der Waals surface area contributed by atoms with Gasteiger partial charge in [-0.1, -0.05) is 13.8 Å². The number of hydrogen-bond acceptors (Lipinski definition) is 4. The number of hydrogen-bond donors (Lipinski definition) is 0. The Morgan fingerprint density at radius 3 is 2.20 bits per heavy atom. The molecular weight excluding hydrogens is 280 g/mol. The predicted octanol–water partition coefficient (Wildman–Crippen LogP) is 0.697. The van der Waals surface area contributed by atoms with Crippen LogP contribution >= 0.6 is 0 Å². The molecule has 2 aliphatic heterocycles. The van der Waals surface area contributed by atoms with Crippen molar-refractivity contribution in [2.75, 3.05) is 32.8 Å². The molecule has 0 aromatic heterocycles. The molecule has 20 heavy (non-hydrogen) atoms. The minimum atomic E-state index is -3.41. The summed E-state index contributed by atoms with van der Waals surface area (Å²) in [4.78, 5) is 0. The Labute approximate surface area is 122 Å². The highest BCUT2D eigenvalue weighted by Gasteiger charge is 2.38. The van der Waals surface area contributed by atoms with Gasteiger partial charge in [-0.05, 0) is 19.8 Å². The van der Waals surface area contributed by atoms with Gasteiger partial charge in [0, 0.05) is 26.2 Å². The zero-order chi connectivity index (χ0) is 14.9. The van der Waals surface area contributed by atoms with Gasteiger partial charge in [0.05, 0.1) is 24.9 Å². The van der Waals surface area contributed by atoms with Crippen molar-refractivity contribution in [3.63, 3.8) is 0 Å². The lowest BCUT2D eigenvalue weighted by molar-refractivity contribution is -0.0508. The fraction of sp³-hybridized carbons (Fsp3) is 1.00. The van der Waals surface area contributed by atoms with Gasteiger partial charge in [0.25, 0.3) is 10.2 Å². The van der Waals surface area contributed by atoms with E-state index in [0.717, 1.165) is 0 Å². The second-order valence-electron chi connectivity index (χ2n) is 6.09. The maximum atomic E-state index is 12.7. The van der Waals surface area contributed by atoms with Crippen LogP contribution in [-0.2, 0) is 19.7 Å². The average molecular weight is 306 g/mol. The summed E-state index contributed by atoms with van der Waals surface area (Å²) in [5.41, 5.74) is 0. The lowest BCUT2D eigenvalue weighted by atomic mass is 10.1. The van der Waals surface area contributed by atoms with E-state index in [2.05, 4.69) is 13.8 Å². The third kappa shape index (κ3) is 3.51.